The number of nitrogens with two attached hydrogens (primary N) is 1. The molecule has 0 aliphatic heterocycles. The summed E-state index contributed by atoms with van der Waals surface area (Å²) in [7, 11) is 0. The van der Waals surface area contributed by atoms with Crippen molar-refractivity contribution < 1.29 is 4.79 Å². The quantitative estimate of drug-likeness (QED) is 0.861. The number of rotatable bonds is 5. The molecule has 1 aromatic heterocycles. The lowest BCUT2D eigenvalue weighted by Crippen LogP contribution is -2.36. The second kappa shape index (κ2) is 5.84. The van der Waals surface area contributed by atoms with E-state index in [-0.39, 0.29) is 16.7 Å². The molecule has 1 aromatic rings. The molecule has 0 saturated heterocycles. The van der Waals surface area contributed by atoms with Crippen LogP contribution >= 0.6 is 23.1 Å². The minimum atomic E-state index is -0.129. The van der Waals surface area contributed by atoms with E-state index in [1.165, 1.54) is 11.3 Å². The topological polar surface area (TPSA) is 68.0 Å². The molecule has 1 atom stereocenters. The molecule has 6 heteroatoms. The van der Waals surface area contributed by atoms with Gasteiger partial charge >= 0.3 is 0 Å². The zero-order valence-corrected chi connectivity index (χ0v) is 12.2. The number of amides is 1. The Kier molecular flexibility index (Phi) is 4.97. The molecule has 0 aliphatic rings. The van der Waals surface area contributed by atoms with Gasteiger partial charge in [-0.15, -0.1) is 11.3 Å². The molecular weight excluding hydrogens is 254 g/mol. The molecule has 4 nitrogen and oxygen atoms in total. The van der Waals surface area contributed by atoms with Gasteiger partial charge in [0.05, 0.1) is 6.04 Å². The fourth-order valence-corrected chi connectivity index (χ4v) is 2.03. The Hall–Kier alpha value is -0.590. The zero-order valence-electron chi connectivity index (χ0n) is 10.6. The van der Waals surface area contributed by atoms with Crippen LogP contribution in [0.25, 0.3) is 0 Å². The summed E-state index contributed by atoms with van der Waals surface area (Å²) < 4.78 is 0.0374. The van der Waals surface area contributed by atoms with E-state index >= 15 is 0 Å². The van der Waals surface area contributed by atoms with Crippen molar-refractivity contribution in [2.75, 3.05) is 12.8 Å². The van der Waals surface area contributed by atoms with Crippen molar-refractivity contribution in [3.05, 3.63) is 16.1 Å². The van der Waals surface area contributed by atoms with Gasteiger partial charge in [-0.05, 0) is 27.0 Å². The van der Waals surface area contributed by atoms with Crippen LogP contribution in [0.4, 0.5) is 0 Å². The molecule has 1 amide bonds. The Bertz CT molecular complexity index is 388. The minimum Gasteiger partial charge on any atom is -0.349 e. The molecule has 0 fully saturated rings. The van der Waals surface area contributed by atoms with E-state index in [2.05, 4.69) is 24.1 Å². The first-order chi connectivity index (χ1) is 7.85. The van der Waals surface area contributed by atoms with Crippen LogP contribution in [-0.4, -0.2) is 28.4 Å². The first-order valence-electron chi connectivity index (χ1n) is 5.40. The first-order valence-corrected chi connectivity index (χ1v) is 7.50. The van der Waals surface area contributed by atoms with Gasteiger partial charge in [-0.3, -0.25) is 4.79 Å². The third kappa shape index (κ3) is 4.29. The predicted octanol–water partition coefficient (Wildman–Crippen LogP) is 2.03. The Labute approximate surface area is 110 Å². The molecule has 0 aromatic carbocycles. The highest BCUT2D eigenvalue weighted by molar-refractivity contribution is 7.99. The maximum atomic E-state index is 11.8. The molecule has 0 saturated carbocycles. The number of carbonyl (C=O) groups excluding carboxylic acids is 1. The highest BCUT2D eigenvalue weighted by Crippen LogP contribution is 2.20. The monoisotopic (exact) mass is 273 g/mol. The predicted molar refractivity (Wildman–Crippen MR) is 74.6 cm³/mol. The second-order valence-corrected chi connectivity index (χ2v) is 6.91. The number of nitrogens with one attached hydrogen (secondary N) is 1. The van der Waals surface area contributed by atoms with Crippen LogP contribution in [0.1, 0.15) is 42.3 Å². The Balaban J connectivity index is 2.58. The summed E-state index contributed by atoms with van der Waals surface area (Å²) in [6.45, 7) is 6.66. The summed E-state index contributed by atoms with van der Waals surface area (Å²) in [5, 5.41) is 5.43. The summed E-state index contributed by atoms with van der Waals surface area (Å²) >= 11 is 3.14. The summed E-state index contributed by atoms with van der Waals surface area (Å²) in [5.41, 5.74) is 6.16. The molecule has 1 heterocycles. The van der Waals surface area contributed by atoms with E-state index in [1.807, 2.05) is 13.2 Å². The maximum Gasteiger partial charge on any atom is 0.270 e. The highest BCUT2D eigenvalue weighted by atomic mass is 32.2. The minimum absolute atomic E-state index is 0.0374. The number of aromatic nitrogens is 1. The molecule has 96 valence electrons. The Morgan fingerprint density at radius 1 is 1.71 bits per heavy atom. The van der Waals surface area contributed by atoms with Gasteiger partial charge in [-0.2, -0.15) is 11.8 Å². The van der Waals surface area contributed by atoms with E-state index in [9.17, 15) is 4.79 Å². The smallest absolute Gasteiger partial charge is 0.270 e. The van der Waals surface area contributed by atoms with Crippen LogP contribution in [-0.2, 0) is 0 Å². The third-order valence-electron chi connectivity index (χ3n) is 2.37. The molecule has 17 heavy (non-hydrogen) atoms. The lowest BCUT2D eigenvalue weighted by molar-refractivity contribution is 0.0946. The van der Waals surface area contributed by atoms with Gasteiger partial charge in [-0.1, -0.05) is 0 Å². The van der Waals surface area contributed by atoms with Crippen molar-refractivity contribution in [2.45, 2.75) is 31.6 Å². The number of carbonyl (C=O) groups is 1. The van der Waals surface area contributed by atoms with E-state index < -0.39 is 0 Å². The number of thiazole rings is 1. The molecule has 0 aliphatic carbocycles. The average Bonchev–Trinajstić information content (AvgIpc) is 2.75. The number of hydrogen-bond acceptors (Lipinski definition) is 5. The van der Waals surface area contributed by atoms with Crippen LogP contribution in [0.5, 0.6) is 0 Å². The largest absolute Gasteiger partial charge is 0.349 e. The molecule has 3 N–H and O–H groups in total. The zero-order chi connectivity index (χ0) is 13.1. The van der Waals surface area contributed by atoms with Crippen LogP contribution in [0.3, 0.4) is 0 Å². The number of nitrogens with zero attached hydrogens (tertiary/aromatic N) is 1. The summed E-state index contributed by atoms with van der Waals surface area (Å²) in [5.74, 6) is -0.129. The van der Waals surface area contributed by atoms with Crippen LogP contribution in [0.2, 0.25) is 0 Å². The SMILES string of the molecule is CSC(C)(C)CNC(=O)c1csc(C(C)N)n1. The van der Waals surface area contributed by atoms with Gasteiger partial charge in [0.25, 0.3) is 5.91 Å². The van der Waals surface area contributed by atoms with Gasteiger partial charge in [0.1, 0.15) is 10.7 Å². The molecule has 0 radical (unpaired) electrons. The average molecular weight is 273 g/mol. The summed E-state index contributed by atoms with van der Waals surface area (Å²) in [6.07, 6.45) is 2.03. The number of thioether (sulfide) groups is 1. The van der Waals surface area contributed by atoms with E-state index in [4.69, 9.17) is 5.73 Å². The molecule has 1 unspecified atom stereocenters. The van der Waals surface area contributed by atoms with Crippen molar-refractivity contribution in [3.63, 3.8) is 0 Å². The molecule has 0 spiro atoms. The first kappa shape index (κ1) is 14.5. The highest BCUT2D eigenvalue weighted by Gasteiger charge is 2.19. The molecule has 1 rings (SSSR count). The number of hydrogen-bond donors (Lipinski definition) is 2. The van der Waals surface area contributed by atoms with Gasteiger partial charge < -0.3 is 11.1 Å². The second-order valence-electron chi connectivity index (χ2n) is 4.51. The normalized spacial score (nSPS) is 13.5. The molecular formula is C11H19N3OS2. The Morgan fingerprint density at radius 2 is 2.35 bits per heavy atom. The van der Waals surface area contributed by atoms with Gasteiger partial charge in [-0.25, -0.2) is 4.98 Å². The third-order valence-corrected chi connectivity index (χ3v) is 4.67. The fraction of sp³-hybridized carbons (Fsp3) is 0.636. The van der Waals surface area contributed by atoms with E-state index in [1.54, 1.807) is 17.1 Å². The van der Waals surface area contributed by atoms with Crippen molar-refractivity contribution in [2.24, 2.45) is 5.73 Å². The van der Waals surface area contributed by atoms with Gasteiger partial charge in [0, 0.05) is 16.7 Å². The van der Waals surface area contributed by atoms with Gasteiger partial charge in [0.2, 0.25) is 0 Å². The Morgan fingerprint density at radius 3 is 2.82 bits per heavy atom. The van der Waals surface area contributed by atoms with Crippen LogP contribution < -0.4 is 11.1 Å². The van der Waals surface area contributed by atoms with Gasteiger partial charge in [0.15, 0.2) is 0 Å². The van der Waals surface area contributed by atoms with E-state index in [0.29, 0.717) is 12.2 Å². The van der Waals surface area contributed by atoms with E-state index in [0.717, 1.165) is 5.01 Å². The van der Waals surface area contributed by atoms with Crippen molar-refractivity contribution in [3.8, 4) is 0 Å². The maximum absolute atomic E-state index is 11.8. The lowest BCUT2D eigenvalue weighted by Gasteiger charge is -2.21. The van der Waals surface area contributed by atoms with Crippen LogP contribution in [0.15, 0.2) is 5.38 Å². The van der Waals surface area contributed by atoms with Crippen molar-refractivity contribution >= 4 is 29.0 Å². The summed E-state index contributed by atoms with van der Waals surface area (Å²) in [4.78, 5) is 16.0. The lowest BCUT2D eigenvalue weighted by atomic mass is 10.2. The molecule has 0 bridgehead atoms. The standard InChI is InChI=1S/C11H19N3OS2/c1-7(12)10-14-8(5-17-10)9(15)13-6-11(2,3)16-4/h5,7H,6,12H2,1-4H3,(H,13,15). The van der Waals surface area contributed by atoms with Crippen LogP contribution in [0, 0.1) is 0 Å². The fourth-order valence-electron chi connectivity index (χ4n) is 1.06. The summed E-state index contributed by atoms with van der Waals surface area (Å²) in [6, 6.07) is -0.121. The van der Waals surface area contributed by atoms with Crippen molar-refractivity contribution in [1.29, 1.82) is 0 Å². The van der Waals surface area contributed by atoms with Crippen molar-refractivity contribution in [1.82, 2.24) is 10.3 Å².